The zero-order chi connectivity index (χ0) is 22.0. The minimum Gasteiger partial charge on any atom is -0.368 e. The number of rotatable bonds is 7. The molecule has 3 atom stereocenters. The first-order valence-electron chi connectivity index (χ1n) is 10.1. The molecule has 1 unspecified atom stereocenters. The van der Waals surface area contributed by atoms with Crippen molar-refractivity contribution in [2.24, 2.45) is 5.92 Å². The lowest BCUT2D eigenvalue weighted by Crippen LogP contribution is -2.50. The van der Waals surface area contributed by atoms with Crippen LogP contribution < -0.4 is 5.32 Å². The Morgan fingerprint density at radius 2 is 1.79 bits per heavy atom. The van der Waals surface area contributed by atoms with Gasteiger partial charge in [0.15, 0.2) is 15.6 Å². The second kappa shape index (κ2) is 8.96. The van der Waals surface area contributed by atoms with Gasteiger partial charge >= 0.3 is 0 Å². The number of ether oxygens (including phenoxy) is 1. The number of carbonyl (C=O) groups excluding carboxylic acids is 2. The van der Waals surface area contributed by atoms with Crippen LogP contribution in [0.1, 0.15) is 59.1 Å². The Hall–Kier alpha value is -1.73. The average Bonchev–Trinajstić information content (AvgIpc) is 2.90. The van der Waals surface area contributed by atoms with Crippen molar-refractivity contribution in [1.82, 2.24) is 5.32 Å². The van der Waals surface area contributed by atoms with Gasteiger partial charge in [-0.1, -0.05) is 58.9 Å². The zero-order valence-electron chi connectivity index (χ0n) is 18.2. The molecule has 2 rings (SSSR count). The first kappa shape index (κ1) is 23.5. The largest absolute Gasteiger partial charge is 0.368 e. The molecule has 6 nitrogen and oxygen atoms in total. The normalized spacial score (nSPS) is 21.4. The summed E-state index contributed by atoms with van der Waals surface area (Å²) in [6.45, 7) is 11.7. The van der Waals surface area contributed by atoms with Crippen molar-refractivity contribution in [2.45, 2.75) is 76.5 Å². The van der Waals surface area contributed by atoms with Crippen LogP contribution in [0.15, 0.2) is 24.3 Å². The fourth-order valence-electron chi connectivity index (χ4n) is 3.38. The van der Waals surface area contributed by atoms with Crippen molar-refractivity contribution in [3.05, 3.63) is 35.4 Å². The molecule has 0 aromatic heterocycles. The predicted molar refractivity (Wildman–Crippen MR) is 113 cm³/mol. The highest BCUT2D eigenvalue weighted by atomic mass is 32.2. The fraction of sp³-hybridized carbons (Fsp3) is 0.636. The number of Topliss-reactive ketones (excluding diaryl/α,β-unsaturated/α-hetero) is 1. The number of nitrogens with one attached hydrogen (secondary N) is 1. The Balaban J connectivity index is 2.21. The quantitative estimate of drug-likeness (QED) is 0.728. The SMILES string of the molecule is CC(C)C[C@@H](C(=O)N[C@@H]1C(=O)COC1C)S(=O)(=O)Cc1ccc(C(C)(C)C)cc1. The highest BCUT2D eigenvalue weighted by molar-refractivity contribution is 7.92. The maximum absolute atomic E-state index is 13.1. The molecule has 0 saturated carbocycles. The number of hydrogen-bond acceptors (Lipinski definition) is 5. The van der Waals surface area contributed by atoms with Gasteiger partial charge < -0.3 is 10.1 Å². The van der Waals surface area contributed by atoms with E-state index in [1.807, 2.05) is 26.0 Å². The molecule has 0 aliphatic carbocycles. The van der Waals surface area contributed by atoms with E-state index in [1.165, 1.54) is 0 Å². The monoisotopic (exact) mass is 423 g/mol. The van der Waals surface area contributed by atoms with Crippen LogP contribution in [0.25, 0.3) is 0 Å². The fourth-order valence-corrected chi connectivity index (χ4v) is 5.31. The predicted octanol–water partition coefficient (Wildman–Crippen LogP) is 2.79. The molecular weight excluding hydrogens is 390 g/mol. The van der Waals surface area contributed by atoms with Gasteiger partial charge in [-0.3, -0.25) is 9.59 Å². The summed E-state index contributed by atoms with van der Waals surface area (Å²) in [5.74, 6) is -1.06. The maximum atomic E-state index is 13.1. The van der Waals surface area contributed by atoms with Gasteiger partial charge in [-0.2, -0.15) is 0 Å². The first-order valence-corrected chi connectivity index (χ1v) is 11.8. The molecule has 0 spiro atoms. The van der Waals surface area contributed by atoms with Crippen molar-refractivity contribution in [3.63, 3.8) is 0 Å². The van der Waals surface area contributed by atoms with Crippen LogP contribution >= 0.6 is 0 Å². The van der Waals surface area contributed by atoms with E-state index in [0.29, 0.717) is 5.56 Å². The molecule has 7 heteroatoms. The number of sulfone groups is 1. The highest BCUT2D eigenvalue weighted by Crippen LogP contribution is 2.24. The number of benzene rings is 1. The van der Waals surface area contributed by atoms with Gasteiger partial charge in [0, 0.05) is 0 Å². The summed E-state index contributed by atoms with van der Waals surface area (Å²) >= 11 is 0. The van der Waals surface area contributed by atoms with E-state index < -0.39 is 33.1 Å². The van der Waals surface area contributed by atoms with Crippen LogP contribution in [0.2, 0.25) is 0 Å². The molecule has 1 amide bonds. The molecule has 1 aliphatic heterocycles. The maximum Gasteiger partial charge on any atom is 0.239 e. The topological polar surface area (TPSA) is 89.5 Å². The van der Waals surface area contributed by atoms with Gasteiger partial charge in [0.1, 0.15) is 17.9 Å². The van der Waals surface area contributed by atoms with Gasteiger partial charge in [0.05, 0.1) is 11.9 Å². The molecule has 1 aromatic carbocycles. The average molecular weight is 424 g/mol. The van der Waals surface area contributed by atoms with Crippen molar-refractivity contribution in [1.29, 1.82) is 0 Å². The number of amides is 1. The number of carbonyl (C=O) groups is 2. The van der Waals surface area contributed by atoms with E-state index in [1.54, 1.807) is 19.1 Å². The number of ketones is 1. The Bertz CT molecular complexity index is 837. The number of hydrogen-bond donors (Lipinski definition) is 1. The van der Waals surface area contributed by atoms with Gasteiger partial charge in [-0.25, -0.2) is 8.42 Å². The third kappa shape index (κ3) is 6.12. The van der Waals surface area contributed by atoms with Crippen molar-refractivity contribution < 1.29 is 22.7 Å². The van der Waals surface area contributed by atoms with Gasteiger partial charge in [0.25, 0.3) is 0 Å². The Labute approximate surface area is 174 Å². The van der Waals surface area contributed by atoms with E-state index >= 15 is 0 Å². The zero-order valence-corrected chi connectivity index (χ0v) is 19.0. The van der Waals surface area contributed by atoms with Crippen molar-refractivity contribution in [2.75, 3.05) is 6.61 Å². The molecule has 1 saturated heterocycles. The molecule has 0 radical (unpaired) electrons. The second-order valence-electron chi connectivity index (χ2n) is 9.34. The van der Waals surface area contributed by atoms with Crippen LogP contribution in [-0.4, -0.2) is 44.1 Å². The van der Waals surface area contributed by atoms with Gasteiger partial charge in [0.2, 0.25) is 5.91 Å². The Morgan fingerprint density at radius 1 is 1.21 bits per heavy atom. The van der Waals surface area contributed by atoms with E-state index in [4.69, 9.17) is 4.74 Å². The summed E-state index contributed by atoms with van der Waals surface area (Å²) in [4.78, 5) is 24.8. The van der Waals surface area contributed by atoms with E-state index in [9.17, 15) is 18.0 Å². The van der Waals surface area contributed by atoms with Gasteiger partial charge in [-0.05, 0) is 35.8 Å². The summed E-state index contributed by atoms with van der Waals surface area (Å²) in [5.41, 5.74) is 1.74. The third-order valence-electron chi connectivity index (χ3n) is 5.20. The molecule has 1 aliphatic rings. The molecule has 162 valence electrons. The minimum absolute atomic E-state index is 0.0109. The third-order valence-corrected chi connectivity index (χ3v) is 7.21. The van der Waals surface area contributed by atoms with E-state index in [-0.39, 0.29) is 35.9 Å². The standard InChI is InChI=1S/C22H33NO5S/c1-14(2)11-19(21(25)23-20-15(3)28-12-18(20)24)29(26,27)13-16-7-9-17(10-8-16)22(4,5)6/h7-10,14-15,19-20H,11-13H2,1-6H3,(H,23,25)/t15?,19-,20-/m0/s1. The lowest BCUT2D eigenvalue weighted by Gasteiger charge is -2.23. The second-order valence-corrected chi connectivity index (χ2v) is 11.5. The van der Waals surface area contributed by atoms with Crippen LogP contribution in [0, 0.1) is 5.92 Å². The molecule has 1 N–H and O–H groups in total. The molecule has 1 heterocycles. The summed E-state index contributed by atoms with van der Waals surface area (Å²) in [6, 6.07) is 6.67. The summed E-state index contributed by atoms with van der Waals surface area (Å²) < 4.78 is 31.5. The molecule has 1 fully saturated rings. The summed E-state index contributed by atoms with van der Waals surface area (Å²) in [6.07, 6.45) is -0.261. The van der Waals surface area contributed by atoms with Crippen LogP contribution in [0.3, 0.4) is 0 Å². The van der Waals surface area contributed by atoms with E-state index in [2.05, 4.69) is 26.1 Å². The lowest BCUT2D eigenvalue weighted by molar-refractivity contribution is -0.126. The summed E-state index contributed by atoms with van der Waals surface area (Å²) in [7, 11) is -3.76. The van der Waals surface area contributed by atoms with Crippen LogP contribution in [-0.2, 0) is 35.3 Å². The molecule has 29 heavy (non-hydrogen) atoms. The lowest BCUT2D eigenvalue weighted by atomic mass is 9.87. The van der Waals surface area contributed by atoms with Gasteiger partial charge in [-0.15, -0.1) is 0 Å². The first-order chi connectivity index (χ1) is 13.3. The molecular formula is C22H33NO5S. The minimum atomic E-state index is -3.76. The van der Waals surface area contributed by atoms with Crippen molar-refractivity contribution >= 4 is 21.5 Å². The Kier molecular flexibility index (Phi) is 7.28. The highest BCUT2D eigenvalue weighted by Gasteiger charge is 2.39. The molecule has 1 aromatic rings. The van der Waals surface area contributed by atoms with Crippen LogP contribution in [0.5, 0.6) is 0 Å². The summed E-state index contributed by atoms with van der Waals surface area (Å²) in [5, 5.41) is 1.41. The smallest absolute Gasteiger partial charge is 0.239 e. The van der Waals surface area contributed by atoms with Crippen LogP contribution in [0.4, 0.5) is 0 Å². The Morgan fingerprint density at radius 3 is 2.24 bits per heavy atom. The van der Waals surface area contributed by atoms with Crippen molar-refractivity contribution in [3.8, 4) is 0 Å². The van der Waals surface area contributed by atoms with E-state index in [0.717, 1.165) is 5.56 Å². The molecule has 0 bridgehead atoms.